The van der Waals surface area contributed by atoms with Crippen molar-refractivity contribution in [2.45, 2.75) is 40.0 Å². The van der Waals surface area contributed by atoms with Crippen LogP contribution in [0.3, 0.4) is 0 Å². The van der Waals surface area contributed by atoms with Crippen molar-refractivity contribution in [3.8, 4) is 11.1 Å². The zero-order chi connectivity index (χ0) is 26.4. The van der Waals surface area contributed by atoms with Gasteiger partial charge in [-0.05, 0) is 59.0 Å². The predicted molar refractivity (Wildman–Crippen MR) is 167 cm³/mol. The molecule has 0 bridgehead atoms. The van der Waals surface area contributed by atoms with Crippen LogP contribution >= 0.6 is 11.3 Å². The molecule has 190 valence electrons. The third-order valence-electron chi connectivity index (χ3n) is 8.18. The Morgan fingerprint density at radius 2 is 1.54 bits per heavy atom. The minimum atomic E-state index is 0.330. The highest BCUT2D eigenvalue weighted by atomic mass is 32.1. The summed E-state index contributed by atoms with van der Waals surface area (Å²) in [6.45, 7) is 8.81. The van der Waals surface area contributed by atoms with Crippen LogP contribution in [0.2, 0.25) is 0 Å². The second-order valence-electron chi connectivity index (χ2n) is 11.4. The summed E-state index contributed by atoms with van der Waals surface area (Å²) in [5.41, 5.74) is 9.32. The van der Waals surface area contributed by atoms with Crippen molar-refractivity contribution in [2.24, 2.45) is 10.9 Å². The second kappa shape index (κ2) is 8.20. The molecule has 3 aromatic heterocycles. The van der Waals surface area contributed by atoms with Crippen LogP contribution in [0.4, 0.5) is 5.69 Å². The first kappa shape index (κ1) is 22.9. The quantitative estimate of drug-likeness (QED) is 0.234. The number of hydrogen-bond donors (Lipinski definition) is 1. The first-order valence-electron chi connectivity index (χ1n) is 13.7. The molecular formula is C34H28N4S. The van der Waals surface area contributed by atoms with Gasteiger partial charge in [0, 0.05) is 60.6 Å². The molecule has 0 amide bonds. The van der Waals surface area contributed by atoms with Gasteiger partial charge < -0.3 is 4.98 Å². The lowest BCUT2D eigenvalue weighted by molar-refractivity contribution is 0.799. The Labute approximate surface area is 230 Å². The van der Waals surface area contributed by atoms with Crippen molar-refractivity contribution < 1.29 is 0 Å². The fourth-order valence-corrected chi connectivity index (χ4v) is 7.17. The summed E-state index contributed by atoms with van der Waals surface area (Å²) in [7, 11) is 0. The Morgan fingerprint density at radius 1 is 0.744 bits per heavy atom. The van der Waals surface area contributed by atoms with E-state index >= 15 is 0 Å². The number of imidazole rings is 1. The SMILES string of the molecule is CC(C)C1=Nc2cc3sc4cc(-c5ccc6c(c5)c5ncccc5c5nc(C(C)C)[nH]c65)ccc4c3cc2C1. The number of nitrogens with zero attached hydrogens (tertiary/aromatic N) is 3. The molecule has 1 aliphatic rings. The van der Waals surface area contributed by atoms with Gasteiger partial charge in [0.05, 0.1) is 22.2 Å². The zero-order valence-corrected chi connectivity index (χ0v) is 23.3. The molecule has 4 heterocycles. The lowest BCUT2D eigenvalue weighted by Crippen LogP contribution is -2.06. The number of pyridine rings is 1. The number of hydrogen-bond acceptors (Lipinski definition) is 4. The molecule has 0 atom stereocenters. The number of aromatic nitrogens is 3. The highest BCUT2D eigenvalue weighted by Gasteiger charge is 2.20. The molecule has 4 nitrogen and oxygen atoms in total. The van der Waals surface area contributed by atoms with E-state index in [4.69, 9.17) is 15.0 Å². The molecule has 0 aliphatic carbocycles. The van der Waals surface area contributed by atoms with Crippen molar-refractivity contribution >= 4 is 75.6 Å². The van der Waals surface area contributed by atoms with Gasteiger partial charge in [-0.25, -0.2) is 4.98 Å². The summed E-state index contributed by atoms with van der Waals surface area (Å²) < 4.78 is 2.62. The van der Waals surface area contributed by atoms with Crippen molar-refractivity contribution in [3.63, 3.8) is 0 Å². The van der Waals surface area contributed by atoms with Gasteiger partial charge in [0.1, 0.15) is 5.82 Å². The van der Waals surface area contributed by atoms with Gasteiger partial charge in [0.2, 0.25) is 0 Å². The van der Waals surface area contributed by atoms with Crippen LogP contribution in [-0.4, -0.2) is 20.7 Å². The van der Waals surface area contributed by atoms with E-state index in [2.05, 4.69) is 87.3 Å². The molecule has 0 saturated carbocycles. The number of aliphatic imine (C=N–C) groups is 1. The van der Waals surface area contributed by atoms with E-state index in [9.17, 15) is 0 Å². The average molecular weight is 525 g/mol. The first-order valence-corrected chi connectivity index (χ1v) is 14.5. The third-order valence-corrected chi connectivity index (χ3v) is 9.30. The molecule has 0 unspecified atom stereocenters. The van der Waals surface area contributed by atoms with Crippen LogP contribution in [0.15, 0.2) is 71.9 Å². The van der Waals surface area contributed by atoms with Crippen LogP contribution in [-0.2, 0) is 6.42 Å². The van der Waals surface area contributed by atoms with E-state index < -0.39 is 0 Å². The number of H-pyrrole nitrogens is 1. The molecule has 0 saturated heterocycles. The van der Waals surface area contributed by atoms with Crippen molar-refractivity contribution in [1.82, 2.24) is 15.0 Å². The highest BCUT2D eigenvalue weighted by Crippen LogP contribution is 2.42. The molecular weight excluding hydrogens is 496 g/mol. The fraction of sp³-hybridized carbons (Fsp3) is 0.206. The van der Waals surface area contributed by atoms with Gasteiger partial charge in [-0.15, -0.1) is 11.3 Å². The largest absolute Gasteiger partial charge is 0.341 e. The number of rotatable bonds is 3. The molecule has 39 heavy (non-hydrogen) atoms. The van der Waals surface area contributed by atoms with Crippen LogP contribution in [0.25, 0.3) is 64.0 Å². The van der Waals surface area contributed by atoms with E-state index in [1.54, 1.807) is 0 Å². The minimum absolute atomic E-state index is 0.330. The van der Waals surface area contributed by atoms with Crippen molar-refractivity contribution in [3.05, 3.63) is 78.2 Å². The molecule has 1 aliphatic heterocycles. The van der Waals surface area contributed by atoms with Gasteiger partial charge in [-0.1, -0.05) is 52.0 Å². The van der Waals surface area contributed by atoms with Gasteiger partial charge >= 0.3 is 0 Å². The molecule has 7 aromatic rings. The normalized spacial score (nSPS) is 13.6. The predicted octanol–water partition coefficient (Wildman–Crippen LogP) is 9.71. The summed E-state index contributed by atoms with van der Waals surface area (Å²) in [6.07, 6.45) is 2.85. The number of fused-ring (bicyclic) bond motifs is 10. The number of aromatic amines is 1. The van der Waals surface area contributed by atoms with E-state index in [1.165, 1.54) is 42.6 Å². The summed E-state index contributed by atoms with van der Waals surface area (Å²) >= 11 is 1.86. The molecule has 0 fully saturated rings. The van der Waals surface area contributed by atoms with Crippen LogP contribution < -0.4 is 0 Å². The summed E-state index contributed by atoms with van der Waals surface area (Å²) in [4.78, 5) is 18.3. The third kappa shape index (κ3) is 3.39. The smallest absolute Gasteiger partial charge is 0.109 e. The van der Waals surface area contributed by atoms with Gasteiger partial charge in [0.25, 0.3) is 0 Å². The van der Waals surface area contributed by atoms with Crippen molar-refractivity contribution in [2.75, 3.05) is 0 Å². The zero-order valence-electron chi connectivity index (χ0n) is 22.5. The second-order valence-corrected chi connectivity index (χ2v) is 12.5. The summed E-state index contributed by atoms with van der Waals surface area (Å²) in [6, 6.07) is 22.5. The molecule has 8 rings (SSSR count). The van der Waals surface area contributed by atoms with E-state index in [-0.39, 0.29) is 0 Å². The first-order chi connectivity index (χ1) is 18.9. The summed E-state index contributed by atoms with van der Waals surface area (Å²) in [5.74, 6) is 1.83. The maximum absolute atomic E-state index is 4.96. The van der Waals surface area contributed by atoms with E-state index in [0.717, 1.165) is 50.6 Å². The standard InChI is InChI=1S/C34H28N4S/c1-17(2)27-14-21-13-25-22-9-7-20(15-29(22)39-30(25)16-28(21)36-27)19-8-10-23-26(12-19)31-24(6-5-11-35-31)33-32(23)37-34(38-33)18(3)4/h5-13,15-18H,14H2,1-4H3,(H,37,38). The van der Waals surface area contributed by atoms with Crippen LogP contribution in [0.5, 0.6) is 0 Å². The van der Waals surface area contributed by atoms with Crippen LogP contribution in [0.1, 0.15) is 45.0 Å². The van der Waals surface area contributed by atoms with Crippen molar-refractivity contribution in [1.29, 1.82) is 0 Å². The Morgan fingerprint density at radius 3 is 2.36 bits per heavy atom. The molecule has 0 spiro atoms. The number of nitrogens with one attached hydrogen (secondary N) is 1. The molecule has 0 radical (unpaired) electrons. The topological polar surface area (TPSA) is 53.9 Å². The van der Waals surface area contributed by atoms with Gasteiger partial charge in [-0.2, -0.15) is 0 Å². The number of benzene rings is 4. The molecule has 1 N–H and O–H groups in total. The fourth-order valence-electron chi connectivity index (χ4n) is 6.01. The molecule has 5 heteroatoms. The highest BCUT2D eigenvalue weighted by molar-refractivity contribution is 7.25. The average Bonchev–Trinajstić information content (AvgIpc) is 3.66. The van der Waals surface area contributed by atoms with E-state index in [1.807, 2.05) is 23.6 Å². The Hall–Kier alpha value is -4.09. The van der Waals surface area contributed by atoms with Gasteiger partial charge in [-0.3, -0.25) is 9.98 Å². The number of thiophene rings is 1. The lowest BCUT2D eigenvalue weighted by atomic mass is 9.97. The maximum Gasteiger partial charge on any atom is 0.109 e. The molecule has 4 aromatic carbocycles. The Kier molecular flexibility index (Phi) is 4.81. The summed E-state index contributed by atoms with van der Waals surface area (Å²) in [5, 5.41) is 6.08. The lowest BCUT2D eigenvalue weighted by Gasteiger charge is -2.08. The van der Waals surface area contributed by atoms with Crippen LogP contribution in [0, 0.1) is 5.92 Å². The monoisotopic (exact) mass is 524 g/mol. The maximum atomic E-state index is 4.96. The minimum Gasteiger partial charge on any atom is -0.341 e. The Bertz CT molecular complexity index is 2160. The van der Waals surface area contributed by atoms with E-state index in [0.29, 0.717) is 11.8 Å². The van der Waals surface area contributed by atoms with Gasteiger partial charge in [0.15, 0.2) is 0 Å². The Balaban J connectivity index is 1.30.